The van der Waals surface area contributed by atoms with Crippen LogP contribution in [-0.4, -0.2) is 189 Å². The second-order valence-electron chi connectivity index (χ2n) is 24.7. The first-order chi connectivity index (χ1) is 37.6. The van der Waals surface area contributed by atoms with Crippen LogP contribution in [0.25, 0.3) is 0 Å². The molecule has 6 heterocycles. The molecule has 0 bridgehead atoms. The number of aliphatic hydroxyl groups is 4. The van der Waals surface area contributed by atoms with E-state index in [9.17, 15) is 43.0 Å². The highest BCUT2D eigenvalue weighted by molar-refractivity contribution is 8.00. The van der Waals surface area contributed by atoms with E-state index in [1.54, 1.807) is 30.9 Å². The van der Waals surface area contributed by atoms with Gasteiger partial charge in [0.25, 0.3) is 10.1 Å². The molecule has 5 aliphatic carbocycles. The zero-order chi connectivity index (χ0) is 54.6. The molecule has 22 heteroatoms. The number of amides is 2. The number of rotatable bonds is 18. The number of hydrogen-bond donors (Lipinski definition) is 7. The molecule has 0 aromatic carbocycles. The maximum atomic E-state index is 14.4. The lowest BCUT2D eigenvalue weighted by molar-refractivity contribution is -0.252. The van der Waals surface area contributed by atoms with Gasteiger partial charge in [-0.15, -0.1) is 0 Å². The molecule has 0 radical (unpaired) electrons. The SMILES string of the molecule is C=C(CCCN1[C@H](O)CC(SC[C@@H]2C=C(COC3=C(OC)C[C@H]4C(=O)N5[C@H](CNC4C3)C[C@@H]3CCCC[C@@H]35)C[C@H](COC3=C(OC)C[C@@H]4C(=O)N5[C@H](CN[C@@H]4C3)C[C@H]3CCCC[C@H]35)C2)[C@@H]1O)ON1C(O)CC(S(=O)(=O)O)C1O. The Balaban J connectivity index is 0.738. The van der Waals surface area contributed by atoms with E-state index in [0.717, 1.165) is 80.2 Å². The normalized spacial score (nSPS) is 40.3. The molecule has 20 nitrogen and oxygen atoms in total. The Bertz CT molecular complexity index is 2430. The van der Waals surface area contributed by atoms with Gasteiger partial charge < -0.3 is 64.6 Å². The number of carbonyl (C=O) groups is 2. The molecule has 78 heavy (non-hydrogen) atoms. The van der Waals surface area contributed by atoms with E-state index in [2.05, 4.69) is 33.1 Å². The van der Waals surface area contributed by atoms with Crippen molar-refractivity contribution in [3.8, 4) is 0 Å². The van der Waals surface area contributed by atoms with Crippen molar-refractivity contribution in [2.45, 2.75) is 200 Å². The monoisotopic (exact) mass is 1130 g/mol. The summed E-state index contributed by atoms with van der Waals surface area (Å²) in [4.78, 5) is 40.4. The van der Waals surface area contributed by atoms with Gasteiger partial charge in [0.1, 0.15) is 59.3 Å². The molecule has 0 spiro atoms. The van der Waals surface area contributed by atoms with E-state index < -0.39 is 46.7 Å². The molecule has 2 amide bonds. The lowest BCUT2D eigenvalue weighted by Crippen LogP contribution is -2.48. The molecule has 2 saturated carbocycles. The van der Waals surface area contributed by atoms with E-state index in [-0.39, 0.29) is 77.1 Å². The van der Waals surface area contributed by atoms with Gasteiger partial charge in [-0.05, 0) is 87.0 Å². The Morgan fingerprint density at radius 3 is 1.90 bits per heavy atom. The van der Waals surface area contributed by atoms with Crippen LogP contribution in [0.15, 0.2) is 47.0 Å². The fraction of sp³-hybridized carbons (Fsp3) is 0.821. The number of hydroxylamine groups is 2. The van der Waals surface area contributed by atoms with Crippen LogP contribution in [0.2, 0.25) is 0 Å². The van der Waals surface area contributed by atoms with Crippen LogP contribution in [0.3, 0.4) is 0 Å². The van der Waals surface area contributed by atoms with Gasteiger partial charge in [0.2, 0.25) is 11.8 Å². The van der Waals surface area contributed by atoms with E-state index in [1.165, 1.54) is 38.5 Å². The molecule has 5 unspecified atom stereocenters. The molecular weight excluding hydrogens is 1040 g/mol. The van der Waals surface area contributed by atoms with Crippen LogP contribution in [0.4, 0.5) is 0 Å². The van der Waals surface area contributed by atoms with Gasteiger partial charge in [0.15, 0.2) is 6.23 Å². The van der Waals surface area contributed by atoms with Crippen LogP contribution in [0.1, 0.15) is 128 Å². The lowest BCUT2D eigenvalue weighted by Gasteiger charge is -2.37. The second-order valence-corrected chi connectivity index (χ2v) is 27.6. The number of thioether (sulfide) groups is 1. The average Bonchev–Trinajstić information content (AvgIpc) is 4.14. The maximum Gasteiger partial charge on any atom is 0.272 e. The van der Waals surface area contributed by atoms with Crippen molar-refractivity contribution in [2.24, 2.45) is 35.5 Å². The van der Waals surface area contributed by atoms with Crippen LogP contribution in [0.5, 0.6) is 0 Å². The number of carbonyl (C=O) groups excluding carboxylic acids is 2. The highest BCUT2D eigenvalue weighted by Crippen LogP contribution is 2.47. The summed E-state index contributed by atoms with van der Waals surface area (Å²) in [6.45, 7) is 6.55. The van der Waals surface area contributed by atoms with Crippen molar-refractivity contribution in [3.63, 3.8) is 0 Å². The van der Waals surface area contributed by atoms with Gasteiger partial charge in [0, 0.05) is 112 Å². The molecule has 6 aliphatic heterocycles. The zero-order valence-electron chi connectivity index (χ0n) is 45.6. The minimum atomic E-state index is -4.63. The number of methoxy groups -OCH3 is 2. The Labute approximate surface area is 464 Å². The first kappa shape index (κ1) is 56.7. The smallest absolute Gasteiger partial charge is 0.272 e. The first-order valence-electron chi connectivity index (χ1n) is 29.3. The van der Waals surface area contributed by atoms with Gasteiger partial charge in [-0.1, -0.05) is 43.4 Å². The topological polar surface area (TPSA) is 253 Å². The van der Waals surface area contributed by atoms with Crippen molar-refractivity contribution in [2.75, 3.05) is 52.8 Å². The number of hydrogen-bond acceptors (Lipinski definition) is 18. The van der Waals surface area contributed by atoms with E-state index in [4.69, 9.17) is 23.8 Å². The number of ether oxygens (including phenoxy) is 4. The summed E-state index contributed by atoms with van der Waals surface area (Å²) in [7, 11) is -1.27. The molecule has 18 atom stereocenters. The first-order valence-corrected chi connectivity index (χ1v) is 31.9. The zero-order valence-corrected chi connectivity index (χ0v) is 47.2. The Kier molecular flexibility index (Phi) is 17.4. The van der Waals surface area contributed by atoms with Crippen molar-refractivity contribution in [1.82, 2.24) is 30.4 Å². The number of nitrogens with one attached hydrogen (secondary N) is 2. The standard InChI is InChI=1S/C56H86N6O14S2/c1-31(76-62-52(64)25-50(56(62)68)78(69,70)71)9-8-14-59-51(63)24-49(55(59)67)77-30-34-16-32(28-74-47-22-41-39(20-45(47)72-2)53(65)60-37(26-57-41)18-35-10-4-6-12-43(35)60)15-33(17-34)29-75-48-23-42-40(21-46(48)73-3)54(66)61-38(27-58-42)19-36-11-5-7-13-44(36)61/h16,33-44,49-52,55-58,63-64,67-68H,1,4-15,17-30H2,2-3H3,(H,69,70,71)/t33-,34+,35-,36+,37-,38-,39+,40-,41?,42+,43-,44+,49?,50?,51+,52?,55-,56?/m0/s1. The summed E-state index contributed by atoms with van der Waals surface area (Å²) in [6.07, 6.45) is 13.1. The number of nitrogens with zero attached hydrogens (tertiary/aromatic N) is 4. The fourth-order valence-electron chi connectivity index (χ4n) is 16.0. The minimum Gasteiger partial charge on any atom is -0.498 e. The summed E-state index contributed by atoms with van der Waals surface area (Å²) in [5, 5.41) is 49.9. The van der Waals surface area contributed by atoms with Crippen LogP contribution >= 0.6 is 11.8 Å². The summed E-state index contributed by atoms with van der Waals surface area (Å²) in [5.41, 5.74) is 1.14. The summed E-state index contributed by atoms with van der Waals surface area (Å²) >= 11 is 1.63. The van der Waals surface area contributed by atoms with Crippen LogP contribution in [-0.2, 0) is 43.5 Å². The molecular formula is C56H86N6O14S2. The van der Waals surface area contributed by atoms with E-state index >= 15 is 0 Å². The Morgan fingerprint density at radius 2 is 1.32 bits per heavy atom. The van der Waals surface area contributed by atoms with Crippen LogP contribution in [0, 0.1) is 35.5 Å². The number of aliphatic hydroxyl groups excluding tert-OH is 4. The average molecular weight is 1130 g/mol. The van der Waals surface area contributed by atoms with Gasteiger partial charge >= 0.3 is 0 Å². The van der Waals surface area contributed by atoms with Crippen molar-refractivity contribution in [1.29, 1.82) is 0 Å². The molecule has 436 valence electrons. The largest absolute Gasteiger partial charge is 0.498 e. The molecule has 8 fully saturated rings. The van der Waals surface area contributed by atoms with E-state index in [0.29, 0.717) is 93.0 Å². The molecule has 7 N–H and O–H groups in total. The quantitative estimate of drug-likeness (QED) is 0.0581. The highest BCUT2D eigenvalue weighted by Gasteiger charge is 2.53. The third kappa shape index (κ3) is 11.6. The number of allylic oxidation sites excluding steroid dienone is 4. The van der Waals surface area contributed by atoms with Gasteiger partial charge in [0.05, 0.1) is 32.7 Å². The van der Waals surface area contributed by atoms with Gasteiger partial charge in [-0.25, -0.2) is 0 Å². The van der Waals surface area contributed by atoms with Crippen LogP contribution < -0.4 is 10.6 Å². The highest BCUT2D eigenvalue weighted by atomic mass is 32.2. The maximum absolute atomic E-state index is 14.4. The molecule has 11 rings (SSSR count). The summed E-state index contributed by atoms with van der Waals surface area (Å²) < 4.78 is 58.5. The van der Waals surface area contributed by atoms with Gasteiger partial charge in [-0.2, -0.15) is 20.2 Å². The number of likely N-dealkylation sites (tertiary alicyclic amines) is 1. The third-order valence-electron chi connectivity index (χ3n) is 19.9. The van der Waals surface area contributed by atoms with Gasteiger partial charge in [-0.3, -0.25) is 19.0 Å². The van der Waals surface area contributed by atoms with E-state index in [1.807, 2.05) is 0 Å². The summed E-state index contributed by atoms with van der Waals surface area (Å²) in [5.74, 6) is 5.45. The van der Waals surface area contributed by atoms with Crippen molar-refractivity contribution < 1.29 is 66.8 Å². The predicted octanol–water partition coefficient (Wildman–Crippen LogP) is 4.04. The third-order valence-corrected chi connectivity index (χ3v) is 22.6. The molecule has 0 aromatic heterocycles. The van der Waals surface area contributed by atoms with Crippen molar-refractivity contribution in [3.05, 3.63) is 47.0 Å². The summed E-state index contributed by atoms with van der Waals surface area (Å²) in [6, 6.07) is 1.10. The lowest BCUT2D eigenvalue weighted by atomic mass is 9.82. The molecule has 6 saturated heterocycles. The Hall–Kier alpha value is -3.16. The number of fused-ring (bicyclic) bond motifs is 8. The van der Waals surface area contributed by atoms with Crippen molar-refractivity contribution >= 4 is 33.7 Å². The second kappa shape index (κ2) is 24.0. The minimum absolute atomic E-state index is 0.0301. The molecule has 11 aliphatic rings. The molecule has 0 aromatic rings. The predicted molar refractivity (Wildman–Crippen MR) is 288 cm³/mol. The fourth-order valence-corrected chi connectivity index (χ4v) is 18.2. The Morgan fingerprint density at radius 1 is 0.731 bits per heavy atom.